The molecule has 0 saturated heterocycles. The lowest BCUT2D eigenvalue weighted by atomic mass is 9.84. The van der Waals surface area contributed by atoms with Crippen molar-refractivity contribution in [2.75, 3.05) is 5.73 Å². The number of anilines is 1. The minimum absolute atomic E-state index is 0.00204. The van der Waals surface area contributed by atoms with E-state index in [1.807, 2.05) is 6.92 Å². The Morgan fingerprint density at radius 1 is 1.25 bits per heavy atom. The quantitative estimate of drug-likeness (QED) is 0.499. The molecule has 1 aliphatic rings. The molecule has 16 heavy (non-hydrogen) atoms. The van der Waals surface area contributed by atoms with E-state index in [1.54, 1.807) is 0 Å². The Labute approximate surface area is 93.7 Å². The Morgan fingerprint density at radius 3 is 2.38 bits per heavy atom. The van der Waals surface area contributed by atoms with Crippen LogP contribution < -0.4 is 5.73 Å². The van der Waals surface area contributed by atoms with Crippen LogP contribution in [-0.2, 0) is 12.8 Å². The number of carboxylic acid groups (broad SMARTS) is 1. The summed E-state index contributed by atoms with van der Waals surface area (Å²) in [6.45, 7) is 1.84. The highest BCUT2D eigenvalue weighted by Crippen LogP contribution is 2.38. The third kappa shape index (κ3) is 1.41. The monoisotopic (exact) mass is 221 g/mol. The molecule has 0 unspecified atom stereocenters. The van der Waals surface area contributed by atoms with Crippen LogP contribution in [0.1, 0.15) is 39.9 Å². The van der Waals surface area contributed by atoms with Crippen molar-refractivity contribution in [2.45, 2.75) is 32.6 Å². The molecule has 1 aromatic rings. The summed E-state index contributed by atoms with van der Waals surface area (Å²) < 4.78 is 0. The summed E-state index contributed by atoms with van der Waals surface area (Å²) in [5.74, 6) is -1.37. The first-order valence-electron chi connectivity index (χ1n) is 5.40. The fourth-order valence-corrected chi connectivity index (χ4v) is 2.44. The number of carboxylic acids is 1. The molecule has 0 heterocycles. The van der Waals surface area contributed by atoms with E-state index in [0.29, 0.717) is 6.42 Å². The highest BCUT2D eigenvalue weighted by Gasteiger charge is 2.25. The van der Waals surface area contributed by atoms with Gasteiger partial charge >= 0.3 is 5.97 Å². The maximum absolute atomic E-state index is 11.1. The first-order valence-corrected chi connectivity index (χ1v) is 5.40. The molecule has 0 spiro atoms. The van der Waals surface area contributed by atoms with Crippen LogP contribution >= 0.6 is 0 Å². The molecule has 1 aliphatic carbocycles. The highest BCUT2D eigenvalue weighted by atomic mass is 16.4. The van der Waals surface area contributed by atoms with Crippen molar-refractivity contribution in [3.05, 3.63) is 22.3 Å². The lowest BCUT2D eigenvalue weighted by Crippen LogP contribution is -2.14. The lowest BCUT2D eigenvalue weighted by molar-refractivity contribution is 0.0692. The van der Waals surface area contributed by atoms with E-state index in [0.717, 1.165) is 36.0 Å². The fourth-order valence-electron chi connectivity index (χ4n) is 2.44. The van der Waals surface area contributed by atoms with Gasteiger partial charge in [0.1, 0.15) is 5.56 Å². The number of aromatic hydroxyl groups is 1. The molecule has 4 nitrogen and oxygen atoms in total. The summed E-state index contributed by atoms with van der Waals surface area (Å²) in [5.41, 5.74) is 8.55. The number of aromatic carboxylic acids is 1. The molecule has 4 heteroatoms. The molecule has 1 aromatic carbocycles. The Kier molecular flexibility index (Phi) is 2.50. The topological polar surface area (TPSA) is 83.5 Å². The van der Waals surface area contributed by atoms with Crippen LogP contribution in [0.15, 0.2) is 0 Å². The predicted molar refractivity (Wildman–Crippen MR) is 60.9 cm³/mol. The standard InChI is InChI=1S/C12H15NO3/c1-6-7-4-2-3-5-8(7)9(12(15)16)11(14)10(6)13/h14H,2-5,13H2,1H3,(H,15,16). The van der Waals surface area contributed by atoms with Gasteiger partial charge < -0.3 is 15.9 Å². The van der Waals surface area contributed by atoms with E-state index in [1.165, 1.54) is 0 Å². The lowest BCUT2D eigenvalue weighted by Gasteiger charge is -2.22. The molecule has 0 aliphatic heterocycles. The van der Waals surface area contributed by atoms with Crippen molar-refractivity contribution in [3.63, 3.8) is 0 Å². The fraction of sp³-hybridized carbons (Fsp3) is 0.417. The molecular weight excluding hydrogens is 206 g/mol. The second-order valence-corrected chi connectivity index (χ2v) is 4.23. The summed E-state index contributed by atoms with van der Waals surface area (Å²) in [5, 5.41) is 18.9. The van der Waals surface area contributed by atoms with Gasteiger partial charge in [-0.05, 0) is 49.3 Å². The first-order chi connectivity index (χ1) is 7.54. The molecule has 0 aromatic heterocycles. The Hall–Kier alpha value is -1.71. The number of fused-ring (bicyclic) bond motifs is 1. The van der Waals surface area contributed by atoms with Gasteiger partial charge in [-0.2, -0.15) is 0 Å². The van der Waals surface area contributed by atoms with Crippen molar-refractivity contribution in [1.82, 2.24) is 0 Å². The SMILES string of the molecule is Cc1c(N)c(O)c(C(=O)O)c2c1CCCC2. The maximum atomic E-state index is 11.1. The van der Waals surface area contributed by atoms with E-state index in [-0.39, 0.29) is 17.0 Å². The normalized spacial score (nSPS) is 14.6. The number of carbonyl (C=O) groups is 1. The number of nitrogens with two attached hydrogens (primary N) is 1. The van der Waals surface area contributed by atoms with Gasteiger partial charge in [0.2, 0.25) is 0 Å². The van der Waals surface area contributed by atoms with E-state index >= 15 is 0 Å². The van der Waals surface area contributed by atoms with E-state index in [9.17, 15) is 9.90 Å². The van der Waals surface area contributed by atoms with Crippen LogP contribution in [0.25, 0.3) is 0 Å². The van der Waals surface area contributed by atoms with E-state index in [2.05, 4.69) is 0 Å². The van der Waals surface area contributed by atoms with E-state index < -0.39 is 5.97 Å². The van der Waals surface area contributed by atoms with Crippen molar-refractivity contribution in [3.8, 4) is 5.75 Å². The van der Waals surface area contributed by atoms with Gasteiger partial charge in [0.05, 0.1) is 5.69 Å². The second-order valence-electron chi connectivity index (χ2n) is 4.23. The van der Waals surface area contributed by atoms with Gasteiger partial charge in [-0.15, -0.1) is 0 Å². The van der Waals surface area contributed by atoms with Gasteiger partial charge in [-0.3, -0.25) is 0 Å². The van der Waals surface area contributed by atoms with Gasteiger partial charge in [-0.1, -0.05) is 0 Å². The van der Waals surface area contributed by atoms with Crippen molar-refractivity contribution in [1.29, 1.82) is 0 Å². The predicted octanol–water partition coefficient (Wildman–Crippen LogP) is 1.86. The molecule has 0 radical (unpaired) electrons. The van der Waals surface area contributed by atoms with Crippen LogP contribution in [0.2, 0.25) is 0 Å². The molecule has 0 fully saturated rings. The zero-order valence-electron chi connectivity index (χ0n) is 9.21. The second kappa shape index (κ2) is 3.70. The van der Waals surface area contributed by atoms with Crippen molar-refractivity contribution < 1.29 is 15.0 Å². The summed E-state index contributed by atoms with van der Waals surface area (Å²) in [7, 11) is 0. The van der Waals surface area contributed by atoms with Gasteiger partial charge in [0.25, 0.3) is 0 Å². The smallest absolute Gasteiger partial charge is 0.339 e. The molecule has 0 amide bonds. The van der Waals surface area contributed by atoms with Crippen LogP contribution in [0.3, 0.4) is 0 Å². The molecule has 0 saturated carbocycles. The average Bonchev–Trinajstić information content (AvgIpc) is 2.26. The Morgan fingerprint density at radius 2 is 1.81 bits per heavy atom. The highest BCUT2D eigenvalue weighted by molar-refractivity contribution is 5.96. The molecule has 2 rings (SSSR count). The van der Waals surface area contributed by atoms with Gasteiger partial charge in [-0.25, -0.2) is 4.79 Å². The van der Waals surface area contributed by atoms with Crippen LogP contribution in [0.5, 0.6) is 5.75 Å². The van der Waals surface area contributed by atoms with Crippen molar-refractivity contribution >= 4 is 11.7 Å². The summed E-state index contributed by atoms with van der Waals surface area (Å²) in [6.07, 6.45) is 3.59. The maximum Gasteiger partial charge on any atom is 0.339 e. The summed E-state index contributed by atoms with van der Waals surface area (Å²) >= 11 is 0. The molecule has 4 N–H and O–H groups in total. The number of hydrogen-bond donors (Lipinski definition) is 3. The molecule has 86 valence electrons. The number of hydrogen-bond acceptors (Lipinski definition) is 3. The first kappa shape index (κ1) is 10.8. The Balaban J connectivity index is 2.78. The summed E-state index contributed by atoms with van der Waals surface area (Å²) in [4.78, 5) is 11.1. The van der Waals surface area contributed by atoms with Crippen LogP contribution in [0.4, 0.5) is 5.69 Å². The van der Waals surface area contributed by atoms with Crippen LogP contribution in [-0.4, -0.2) is 16.2 Å². The van der Waals surface area contributed by atoms with Crippen LogP contribution in [0, 0.1) is 6.92 Å². The Bertz CT molecular complexity index is 466. The number of nitrogen functional groups attached to an aromatic ring is 1. The van der Waals surface area contributed by atoms with Gasteiger partial charge in [0, 0.05) is 0 Å². The van der Waals surface area contributed by atoms with E-state index in [4.69, 9.17) is 10.8 Å². The molecule has 0 atom stereocenters. The third-order valence-corrected chi connectivity index (χ3v) is 3.33. The number of benzene rings is 1. The molecule has 0 bridgehead atoms. The minimum atomic E-state index is -1.10. The number of rotatable bonds is 1. The largest absolute Gasteiger partial charge is 0.505 e. The zero-order valence-corrected chi connectivity index (χ0v) is 9.21. The average molecular weight is 221 g/mol. The third-order valence-electron chi connectivity index (χ3n) is 3.33. The molecular formula is C12H15NO3. The summed E-state index contributed by atoms with van der Waals surface area (Å²) in [6, 6.07) is 0. The van der Waals surface area contributed by atoms with Gasteiger partial charge in [0.15, 0.2) is 5.75 Å². The van der Waals surface area contributed by atoms with Crippen molar-refractivity contribution in [2.24, 2.45) is 0 Å². The minimum Gasteiger partial charge on any atom is -0.505 e. The number of phenols is 1. The zero-order chi connectivity index (χ0) is 11.9.